The maximum absolute atomic E-state index is 14.4. The number of rotatable bonds is 8. The average molecular weight is 579 g/mol. The van der Waals surface area contributed by atoms with Crippen LogP contribution in [0.3, 0.4) is 0 Å². The summed E-state index contributed by atoms with van der Waals surface area (Å²) < 4.78 is 5.73. The predicted molar refractivity (Wildman–Crippen MR) is 167 cm³/mol. The average Bonchev–Trinajstić information content (AvgIpc) is 3.14. The van der Waals surface area contributed by atoms with E-state index in [4.69, 9.17) is 4.74 Å². The van der Waals surface area contributed by atoms with Gasteiger partial charge in [0, 0.05) is 16.7 Å². The molecule has 0 aromatic heterocycles. The van der Waals surface area contributed by atoms with Gasteiger partial charge in [0.25, 0.3) is 11.8 Å². The first-order valence-electron chi connectivity index (χ1n) is 14.1. The van der Waals surface area contributed by atoms with Gasteiger partial charge in [-0.05, 0) is 62.0 Å². The Kier molecular flexibility index (Phi) is 8.54. The zero-order valence-electron chi connectivity index (χ0n) is 24.6. The topological polar surface area (TPSA) is 108 Å². The fraction of sp³-hybridized carbons (Fsp3) is 0.235. The molecule has 3 amide bonds. The molecular weight excluding hydrogens is 544 g/mol. The summed E-state index contributed by atoms with van der Waals surface area (Å²) in [6.07, 6.45) is 0. The number of ether oxygens (including phenoxy) is 1. The highest BCUT2D eigenvalue weighted by Crippen LogP contribution is 2.37. The van der Waals surface area contributed by atoms with E-state index in [-0.39, 0.29) is 36.6 Å². The van der Waals surface area contributed by atoms with Gasteiger partial charge in [0.15, 0.2) is 5.78 Å². The molecular formula is C34H34N4O5. The molecule has 0 fully saturated rings. The van der Waals surface area contributed by atoms with Gasteiger partial charge < -0.3 is 25.2 Å². The van der Waals surface area contributed by atoms with Crippen LogP contribution in [0.2, 0.25) is 0 Å². The van der Waals surface area contributed by atoms with Gasteiger partial charge in [-0.1, -0.05) is 54.6 Å². The first-order chi connectivity index (χ1) is 20.7. The van der Waals surface area contributed by atoms with Crippen LogP contribution in [0, 0.1) is 0 Å². The SMILES string of the molecule is CN[C@@H](C)C(=O)N[C@H]1CN(C(=O)c2ccc(C(C)=O)cc2)c2ccccc2N(Cc2c(OC)ccc3ccccc23)C1=O. The van der Waals surface area contributed by atoms with Crippen LogP contribution in [0.1, 0.15) is 40.1 Å². The zero-order valence-corrected chi connectivity index (χ0v) is 24.6. The zero-order chi connectivity index (χ0) is 30.7. The number of hydrogen-bond acceptors (Lipinski definition) is 6. The smallest absolute Gasteiger partial charge is 0.258 e. The van der Waals surface area contributed by atoms with Crippen LogP contribution in [-0.4, -0.2) is 56.3 Å². The van der Waals surface area contributed by atoms with Gasteiger partial charge in [-0.25, -0.2) is 0 Å². The number of nitrogens with one attached hydrogen (secondary N) is 2. The standard InChI is InChI=1S/C34H34N4O5/c1-21(35-3)32(40)36-28-20-38(33(41)25-15-13-23(14-16-25)22(2)39)30-12-8-7-11-29(30)37(34(28)42)19-27-26-10-6-5-9-24(26)17-18-31(27)43-4/h5-18,21,28,35H,19-20H2,1-4H3,(H,36,40)/t21-,28-/m0/s1. The van der Waals surface area contributed by atoms with Crippen molar-refractivity contribution in [1.29, 1.82) is 0 Å². The molecule has 43 heavy (non-hydrogen) atoms. The summed E-state index contributed by atoms with van der Waals surface area (Å²) in [7, 11) is 3.25. The molecule has 220 valence electrons. The lowest BCUT2D eigenvalue weighted by Gasteiger charge is -2.27. The molecule has 9 nitrogen and oxygen atoms in total. The fourth-order valence-corrected chi connectivity index (χ4v) is 5.31. The van der Waals surface area contributed by atoms with Crippen LogP contribution in [0.5, 0.6) is 5.75 Å². The summed E-state index contributed by atoms with van der Waals surface area (Å²) in [5, 5.41) is 7.70. The van der Waals surface area contributed by atoms with E-state index in [1.807, 2.05) is 42.5 Å². The summed E-state index contributed by atoms with van der Waals surface area (Å²) in [5.74, 6) is -0.573. The van der Waals surface area contributed by atoms with E-state index in [9.17, 15) is 19.2 Å². The molecule has 0 saturated carbocycles. The van der Waals surface area contributed by atoms with Crippen LogP contribution in [0.25, 0.3) is 10.8 Å². The second kappa shape index (κ2) is 12.5. The number of ketones is 1. The van der Waals surface area contributed by atoms with Crippen molar-refractivity contribution in [2.24, 2.45) is 0 Å². The summed E-state index contributed by atoms with van der Waals surface area (Å²) in [4.78, 5) is 56.4. The van der Waals surface area contributed by atoms with Crippen LogP contribution < -0.4 is 25.2 Å². The fourth-order valence-electron chi connectivity index (χ4n) is 5.31. The molecule has 4 aromatic carbocycles. The first-order valence-corrected chi connectivity index (χ1v) is 14.1. The van der Waals surface area contributed by atoms with Crippen molar-refractivity contribution in [3.63, 3.8) is 0 Å². The highest BCUT2D eigenvalue weighted by molar-refractivity contribution is 6.13. The number of benzene rings is 4. The van der Waals surface area contributed by atoms with Crippen LogP contribution in [-0.2, 0) is 16.1 Å². The molecule has 0 bridgehead atoms. The molecule has 0 unspecified atom stereocenters. The maximum Gasteiger partial charge on any atom is 0.258 e. The molecule has 9 heteroatoms. The maximum atomic E-state index is 14.4. The van der Waals surface area contributed by atoms with E-state index in [0.717, 1.165) is 16.3 Å². The summed E-state index contributed by atoms with van der Waals surface area (Å²) in [5.41, 5.74) is 2.69. The Morgan fingerprint density at radius 2 is 1.56 bits per heavy atom. The molecule has 0 spiro atoms. The van der Waals surface area contributed by atoms with Crippen molar-refractivity contribution >= 4 is 45.7 Å². The van der Waals surface area contributed by atoms with Crippen LogP contribution >= 0.6 is 0 Å². The normalized spacial score (nSPS) is 15.4. The molecule has 0 aliphatic carbocycles. The van der Waals surface area contributed by atoms with E-state index >= 15 is 0 Å². The lowest BCUT2D eigenvalue weighted by atomic mass is 10.0. The number of para-hydroxylation sites is 2. The summed E-state index contributed by atoms with van der Waals surface area (Å²) in [6, 6.07) is 23.7. The van der Waals surface area contributed by atoms with Crippen molar-refractivity contribution in [3.8, 4) is 5.75 Å². The van der Waals surface area contributed by atoms with Gasteiger partial charge >= 0.3 is 0 Å². The number of likely N-dealkylation sites (N-methyl/N-ethyl adjacent to an activating group) is 1. The third kappa shape index (κ3) is 5.85. The Hall–Kier alpha value is -5.02. The number of anilines is 2. The number of carbonyl (C=O) groups is 4. The Morgan fingerprint density at radius 1 is 0.907 bits per heavy atom. The Balaban J connectivity index is 1.63. The lowest BCUT2D eigenvalue weighted by molar-refractivity contribution is -0.128. The highest BCUT2D eigenvalue weighted by Gasteiger charge is 2.38. The molecule has 5 rings (SSSR count). The molecule has 4 aromatic rings. The van der Waals surface area contributed by atoms with Crippen molar-refractivity contribution in [3.05, 3.63) is 102 Å². The predicted octanol–water partition coefficient (Wildman–Crippen LogP) is 4.34. The molecule has 2 N–H and O–H groups in total. The van der Waals surface area contributed by atoms with Crippen molar-refractivity contribution in [2.45, 2.75) is 32.5 Å². The quantitative estimate of drug-likeness (QED) is 0.301. The minimum absolute atomic E-state index is 0.0888. The van der Waals surface area contributed by atoms with E-state index < -0.39 is 12.1 Å². The van der Waals surface area contributed by atoms with Crippen molar-refractivity contribution in [1.82, 2.24) is 10.6 Å². The highest BCUT2D eigenvalue weighted by atomic mass is 16.5. The number of amides is 3. The minimum atomic E-state index is -1.04. The first kappa shape index (κ1) is 29.5. The monoisotopic (exact) mass is 578 g/mol. The second-order valence-electron chi connectivity index (χ2n) is 10.5. The molecule has 2 atom stereocenters. The van der Waals surface area contributed by atoms with E-state index in [2.05, 4.69) is 10.6 Å². The Labute approximate surface area is 250 Å². The molecule has 1 heterocycles. The van der Waals surface area contributed by atoms with E-state index in [1.165, 1.54) is 11.8 Å². The number of carbonyl (C=O) groups excluding carboxylic acids is 4. The molecule has 1 aliphatic heterocycles. The van der Waals surface area contributed by atoms with Gasteiger partial charge in [-0.2, -0.15) is 0 Å². The number of hydrogen-bond donors (Lipinski definition) is 2. The Morgan fingerprint density at radius 3 is 2.23 bits per heavy atom. The molecule has 0 saturated heterocycles. The Bertz CT molecular complexity index is 1700. The van der Waals surface area contributed by atoms with Crippen LogP contribution in [0.15, 0.2) is 84.9 Å². The van der Waals surface area contributed by atoms with Crippen molar-refractivity contribution in [2.75, 3.05) is 30.5 Å². The summed E-state index contributed by atoms with van der Waals surface area (Å²) >= 11 is 0. The second-order valence-corrected chi connectivity index (χ2v) is 10.5. The van der Waals surface area contributed by atoms with E-state index in [1.54, 1.807) is 68.4 Å². The van der Waals surface area contributed by atoms with Crippen molar-refractivity contribution < 1.29 is 23.9 Å². The van der Waals surface area contributed by atoms with Gasteiger partial charge in [0.2, 0.25) is 5.91 Å². The lowest BCUT2D eigenvalue weighted by Crippen LogP contribution is -2.55. The van der Waals surface area contributed by atoms with Gasteiger partial charge in [0.1, 0.15) is 11.8 Å². The number of fused-ring (bicyclic) bond motifs is 2. The number of methoxy groups -OCH3 is 1. The molecule has 0 radical (unpaired) electrons. The van der Waals surface area contributed by atoms with Gasteiger partial charge in [0.05, 0.1) is 37.6 Å². The number of Topliss-reactive ketones (excluding diaryl/α,β-unsaturated/α-hetero) is 1. The van der Waals surface area contributed by atoms with E-state index in [0.29, 0.717) is 28.3 Å². The van der Waals surface area contributed by atoms with Crippen LogP contribution in [0.4, 0.5) is 11.4 Å². The third-order valence-electron chi connectivity index (χ3n) is 7.85. The molecule has 1 aliphatic rings. The van der Waals surface area contributed by atoms with Gasteiger partial charge in [-0.15, -0.1) is 0 Å². The number of nitrogens with zero attached hydrogens (tertiary/aromatic N) is 2. The summed E-state index contributed by atoms with van der Waals surface area (Å²) in [6.45, 7) is 3.22. The third-order valence-corrected chi connectivity index (χ3v) is 7.85. The largest absolute Gasteiger partial charge is 0.496 e. The van der Waals surface area contributed by atoms with Gasteiger partial charge in [-0.3, -0.25) is 19.2 Å². The minimum Gasteiger partial charge on any atom is -0.496 e.